The number of nitrogens with zero attached hydrogens (tertiary/aromatic N) is 3. The van der Waals surface area contributed by atoms with E-state index in [-0.39, 0.29) is 5.60 Å². The zero-order valence-corrected chi connectivity index (χ0v) is 18.4. The van der Waals surface area contributed by atoms with Gasteiger partial charge >= 0.3 is 0 Å². The van der Waals surface area contributed by atoms with Crippen LogP contribution in [0.1, 0.15) is 40.2 Å². The summed E-state index contributed by atoms with van der Waals surface area (Å²) in [4.78, 5) is 9.80. The van der Waals surface area contributed by atoms with Crippen LogP contribution in [0.3, 0.4) is 0 Å². The molecule has 158 valence electrons. The van der Waals surface area contributed by atoms with Crippen molar-refractivity contribution in [3.8, 4) is 5.75 Å². The van der Waals surface area contributed by atoms with Crippen molar-refractivity contribution in [2.45, 2.75) is 46.8 Å². The average Bonchev–Trinajstić information content (AvgIpc) is 2.66. The van der Waals surface area contributed by atoms with Crippen LogP contribution in [0.15, 0.2) is 29.3 Å². The smallest absolute Gasteiger partial charge is 0.191 e. The van der Waals surface area contributed by atoms with E-state index in [1.807, 2.05) is 18.2 Å². The van der Waals surface area contributed by atoms with Crippen LogP contribution in [0, 0.1) is 0 Å². The monoisotopic (exact) mass is 389 g/mol. The number of guanidine groups is 1. The SMILES string of the molecule is CCNC(=NCc1ccccc1OC(C)(C)C)NCCN1CCN(CC)CC1. The van der Waals surface area contributed by atoms with Crippen LogP contribution in [0.25, 0.3) is 0 Å². The Morgan fingerprint density at radius 1 is 1.04 bits per heavy atom. The lowest BCUT2D eigenvalue weighted by molar-refractivity contribution is 0.129. The van der Waals surface area contributed by atoms with Crippen LogP contribution >= 0.6 is 0 Å². The summed E-state index contributed by atoms with van der Waals surface area (Å²) >= 11 is 0. The number of nitrogens with one attached hydrogen (secondary N) is 2. The molecule has 0 bridgehead atoms. The first-order valence-corrected chi connectivity index (χ1v) is 10.6. The van der Waals surface area contributed by atoms with Gasteiger partial charge in [0, 0.05) is 51.4 Å². The van der Waals surface area contributed by atoms with Crippen LogP contribution in [0.4, 0.5) is 0 Å². The third-order valence-corrected chi connectivity index (χ3v) is 4.77. The normalized spacial score (nSPS) is 16.8. The number of benzene rings is 1. The maximum atomic E-state index is 6.08. The number of likely N-dealkylation sites (N-methyl/N-ethyl adjacent to an activating group) is 1. The predicted octanol–water partition coefficient (Wildman–Crippen LogP) is 2.56. The maximum Gasteiger partial charge on any atom is 0.191 e. The Morgan fingerprint density at radius 2 is 1.71 bits per heavy atom. The summed E-state index contributed by atoms with van der Waals surface area (Å²) in [6.07, 6.45) is 0. The number of rotatable bonds is 8. The highest BCUT2D eigenvalue weighted by atomic mass is 16.5. The summed E-state index contributed by atoms with van der Waals surface area (Å²) in [5, 5.41) is 6.82. The second kappa shape index (κ2) is 11.3. The zero-order chi connectivity index (χ0) is 20.4. The summed E-state index contributed by atoms with van der Waals surface area (Å²) in [7, 11) is 0. The predicted molar refractivity (Wildman–Crippen MR) is 118 cm³/mol. The van der Waals surface area contributed by atoms with Gasteiger partial charge in [0.1, 0.15) is 11.4 Å². The number of piperazine rings is 1. The van der Waals surface area contributed by atoms with Crippen molar-refractivity contribution in [2.24, 2.45) is 4.99 Å². The van der Waals surface area contributed by atoms with Gasteiger partial charge in [-0.1, -0.05) is 25.1 Å². The summed E-state index contributed by atoms with van der Waals surface area (Å²) in [5.74, 6) is 1.77. The van der Waals surface area contributed by atoms with Crippen LogP contribution in [0.2, 0.25) is 0 Å². The van der Waals surface area contributed by atoms with Gasteiger partial charge in [-0.25, -0.2) is 4.99 Å². The number of hydrogen-bond acceptors (Lipinski definition) is 4. The van der Waals surface area contributed by atoms with Gasteiger partial charge in [0.15, 0.2) is 5.96 Å². The molecule has 28 heavy (non-hydrogen) atoms. The van der Waals surface area contributed by atoms with Gasteiger partial charge in [0.2, 0.25) is 0 Å². The highest BCUT2D eigenvalue weighted by Crippen LogP contribution is 2.23. The van der Waals surface area contributed by atoms with Crippen molar-refractivity contribution in [1.29, 1.82) is 0 Å². The van der Waals surface area contributed by atoms with Crippen LogP contribution in [0.5, 0.6) is 5.75 Å². The first-order chi connectivity index (χ1) is 13.4. The molecule has 1 aliphatic rings. The molecule has 0 radical (unpaired) electrons. The zero-order valence-electron chi connectivity index (χ0n) is 18.4. The van der Waals surface area contributed by atoms with Crippen molar-refractivity contribution in [3.63, 3.8) is 0 Å². The van der Waals surface area contributed by atoms with Gasteiger partial charge in [0.25, 0.3) is 0 Å². The van der Waals surface area contributed by atoms with Crippen LogP contribution < -0.4 is 15.4 Å². The molecule has 6 nitrogen and oxygen atoms in total. The Morgan fingerprint density at radius 3 is 2.36 bits per heavy atom. The molecule has 0 aromatic heterocycles. The van der Waals surface area contributed by atoms with Gasteiger partial charge in [-0.3, -0.25) is 4.90 Å². The van der Waals surface area contributed by atoms with Crippen LogP contribution in [-0.2, 0) is 6.54 Å². The molecule has 2 N–H and O–H groups in total. The second-order valence-electron chi connectivity index (χ2n) is 8.22. The molecular formula is C22H39N5O. The van der Waals surface area contributed by atoms with Crippen LogP contribution in [-0.4, -0.2) is 73.7 Å². The minimum absolute atomic E-state index is 0.218. The highest BCUT2D eigenvalue weighted by molar-refractivity contribution is 5.79. The third-order valence-electron chi connectivity index (χ3n) is 4.77. The highest BCUT2D eigenvalue weighted by Gasteiger charge is 2.15. The molecule has 1 aromatic carbocycles. The average molecular weight is 390 g/mol. The quantitative estimate of drug-likeness (QED) is 0.529. The number of hydrogen-bond donors (Lipinski definition) is 2. The van der Waals surface area contributed by atoms with Crippen molar-refractivity contribution >= 4 is 5.96 Å². The van der Waals surface area contributed by atoms with Gasteiger partial charge < -0.3 is 20.3 Å². The molecule has 1 fully saturated rings. The molecule has 0 unspecified atom stereocenters. The molecule has 1 saturated heterocycles. The lowest BCUT2D eigenvalue weighted by atomic mass is 10.1. The summed E-state index contributed by atoms with van der Waals surface area (Å²) < 4.78 is 6.08. The molecule has 2 rings (SSSR count). The van der Waals surface area contributed by atoms with Gasteiger partial charge in [-0.05, 0) is 40.3 Å². The van der Waals surface area contributed by atoms with E-state index in [0.717, 1.165) is 56.5 Å². The van der Waals surface area contributed by atoms with Crippen molar-refractivity contribution in [1.82, 2.24) is 20.4 Å². The van der Waals surface area contributed by atoms with E-state index < -0.39 is 0 Å². The Balaban J connectivity index is 1.87. The topological polar surface area (TPSA) is 52.1 Å². The number of aliphatic imine (C=N–C) groups is 1. The summed E-state index contributed by atoms with van der Waals surface area (Å²) in [6.45, 7) is 19.7. The summed E-state index contributed by atoms with van der Waals surface area (Å²) in [6, 6.07) is 8.15. The van der Waals surface area contributed by atoms with E-state index in [1.165, 1.54) is 13.1 Å². The van der Waals surface area contributed by atoms with E-state index in [1.54, 1.807) is 0 Å². The molecular weight excluding hydrogens is 350 g/mol. The van der Waals surface area contributed by atoms with Gasteiger partial charge in [-0.2, -0.15) is 0 Å². The second-order valence-corrected chi connectivity index (χ2v) is 8.22. The number of ether oxygens (including phenoxy) is 1. The molecule has 6 heteroatoms. The van der Waals surface area contributed by atoms with E-state index in [4.69, 9.17) is 9.73 Å². The molecule has 1 aromatic rings. The van der Waals surface area contributed by atoms with Gasteiger partial charge in [0.05, 0.1) is 6.54 Å². The van der Waals surface area contributed by atoms with Crippen molar-refractivity contribution < 1.29 is 4.74 Å². The fourth-order valence-corrected chi connectivity index (χ4v) is 3.23. The first kappa shape index (κ1) is 22.5. The molecule has 0 spiro atoms. The molecule has 0 aliphatic carbocycles. The minimum Gasteiger partial charge on any atom is -0.488 e. The molecule has 0 amide bonds. The maximum absolute atomic E-state index is 6.08. The largest absolute Gasteiger partial charge is 0.488 e. The molecule has 1 heterocycles. The Hall–Kier alpha value is -1.79. The fourth-order valence-electron chi connectivity index (χ4n) is 3.23. The van der Waals surface area contributed by atoms with Crippen molar-refractivity contribution in [2.75, 3.05) is 52.4 Å². The minimum atomic E-state index is -0.218. The third kappa shape index (κ3) is 8.07. The standard InChI is InChI=1S/C22H39N5O/c1-6-23-21(24-12-13-27-16-14-26(7-2)15-17-27)25-18-19-10-8-9-11-20(19)28-22(3,4)5/h8-11H,6-7,12-18H2,1-5H3,(H2,23,24,25). The molecule has 1 aliphatic heterocycles. The van der Waals surface area contributed by atoms with Crippen molar-refractivity contribution in [3.05, 3.63) is 29.8 Å². The fraction of sp³-hybridized carbons (Fsp3) is 0.682. The lowest BCUT2D eigenvalue weighted by Crippen LogP contribution is -2.49. The Kier molecular flexibility index (Phi) is 9.06. The van der Waals surface area contributed by atoms with E-state index >= 15 is 0 Å². The van der Waals surface area contributed by atoms with E-state index in [0.29, 0.717) is 6.54 Å². The van der Waals surface area contributed by atoms with E-state index in [2.05, 4.69) is 61.1 Å². The number of para-hydroxylation sites is 1. The Bertz CT molecular complexity index is 603. The molecule has 0 saturated carbocycles. The first-order valence-electron chi connectivity index (χ1n) is 10.6. The van der Waals surface area contributed by atoms with E-state index in [9.17, 15) is 0 Å². The Labute approximate surface area is 171 Å². The molecule has 0 atom stereocenters. The summed E-state index contributed by atoms with van der Waals surface area (Å²) in [5.41, 5.74) is 0.884. The lowest BCUT2D eigenvalue weighted by Gasteiger charge is -2.34. The van der Waals surface area contributed by atoms with Gasteiger partial charge in [-0.15, -0.1) is 0 Å².